The fourth-order valence-electron chi connectivity index (χ4n) is 2.79. The summed E-state index contributed by atoms with van der Waals surface area (Å²) in [7, 11) is 1.82. The van der Waals surface area contributed by atoms with Gasteiger partial charge in [-0.25, -0.2) is 0 Å². The highest BCUT2D eigenvalue weighted by molar-refractivity contribution is 5.81. The molecule has 1 heterocycles. The van der Waals surface area contributed by atoms with E-state index in [1.54, 1.807) is 4.90 Å². The number of aliphatic hydroxyl groups excluding tert-OH is 1. The van der Waals surface area contributed by atoms with Gasteiger partial charge in [0.25, 0.3) is 0 Å². The van der Waals surface area contributed by atoms with E-state index in [4.69, 9.17) is 0 Å². The van der Waals surface area contributed by atoms with Crippen LogP contribution in [0.3, 0.4) is 0 Å². The van der Waals surface area contributed by atoms with Crippen LogP contribution >= 0.6 is 0 Å². The van der Waals surface area contributed by atoms with Gasteiger partial charge < -0.3 is 10.0 Å². The summed E-state index contributed by atoms with van der Waals surface area (Å²) in [5.74, 6) is 0.419. The van der Waals surface area contributed by atoms with Gasteiger partial charge in [-0.05, 0) is 25.2 Å². The van der Waals surface area contributed by atoms with Crippen LogP contribution in [0.4, 0.5) is 0 Å². The van der Waals surface area contributed by atoms with Gasteiger partial charge in [0.15, 0.2) is 0 Å². The van der Waals surface area contributed by atoms with Crippen LogP contribution in [-0.2, 0) is 4.79 Å². The molecule has 0 bridgehead atoms. The molecule has 1 aliphatic heterocycles. The topological polar surface area (TPSA) is 40.5 Å². The summed E-state index contributed by atoms with van der Waals surface area (Å²) in [5.41, 5.74) is 0. The molecule has 80 valence electrons. The average Bonchev–Trinajstić information content (AvgIpc) is 2.77. The molecule has 0 aromatic carbocycles. The van der Waals surface area contributed by atoms with Gasteiger partial charge in [-0.2, -0.15) is 0 Å². The van der Waals surface area contributed by atoms with Gasteiger partial charge in [0.2, 0.25) is 5.91 Å². The molecule has 1 saturated carbocycles. The van der Waals surface area contributed by atoms with Crippen molar-refractivity contribution in [1.82, 2.24) is 4.90 Å². The first-order valence-electron chi connectivity index (χ1n) is 5.63. The summed E-state index contributed by atoms with van der Waals surface area (Å²) in [4.78, 5) is 13.4. The second-order valence-corrected chi connectivity index (χ2v) is 4.69. The van der Waals surface area contributed by atoms with Gasteiger partial charge in [0, 0.05) is 13.6 Å². The third-order valence-electron chi connectivity index (χ3n) is 3.76. The third kappa shape index (κ3) is 1.65. The maximum atomic E-state index is 11.7. The van der Waals surface area contributed by atoms with Crippen LogP contribution in [0.5, 0.6) is 0 Å². The smallest absolute Gasteiger partial charge is 0.228 e. The van der Waals surface area contributed by atoms with Crippen LogP contribution in [0.1, 0.15) is 32.1 Å². The van der Waals surface area contributed by atoms with E-state index in [0.29, 0.717) is 5.92 Å². The second kappa shape index (κ2) is 3.89. The van der Waals surface area contributed by atoms with Crippen LogP contribution in [0, 0.1) is 11.8 Å². The molecule has 2 fully saturated rings. The predicted molar refractivity (Wildman–Crippen MR) is 53.7 cm³/mol. The molecule has 1 amide bonds. The van der Waals surface area contributed by atoms with E-state index in [1.165, 1.54) is 12.8 Å². The zero-order valence-corrected chi connectivity index (χ0v) is 8.78. The van der Waals surface area contributed by atoms with Crippen molar-refractivity contribution in [2.75, 3.05) is 13.6 Å². The SMILES string of the molecule is CN1CCC(C(O)C2CCCC2)C1=O. The fourth-order valence-corrected chi connectivity index (χ4v) is 2.79. The summed E-state index contributed by atoms with van der Waals surface area (Å²) in [5, 5.41) is 10.1. The number of carbonyl (C=O) groups is 1. The van der Waals surface area contributed by atoms with E-state index in [0.717, 1.165) is 25.8 Å². The molecule has 2 unspecified atom stereocenters. The minimum atomic E-state index is -0.380. The summed E-state index contributed by atoms with van der Waals surface area (Å²) < 4.78 is 0. The average molecular weight is 197 g/mol. The van der Waals surface area contributed by atoms with Crippen molar-refractivity contribution < 1.29 is 9.90 Å². The normalized spacial score (nSPS) is 31.4. The minimum absolute atomic E-state index is 0.108. The molecule has 0 spiro atoms. The summed E-state index contributed by atoms with van der Waals surface area (Å²) >= 11 is 0. The molecule has 2 atom stereocenters. The highest BCUT2D eigenvalue weighted by atomic mass is 16.3. The largest absolute Gasteiger partial charge is 0.392 e. The Morgan fingerprint density at radius 1 is 1.36 bits per heavy atom. The quantitative estimate of drug-likeness (QED) is 0.718. The van der Waals surface area contributed by atoms with E-state index in [1.807, 2.05) is 7.05 Å². The molecule has 1 aliphatic carbocycles. The summed E-state index contributed by atoms with van der Waals surface area (Å²) in [6.45, 7) is 0.813. The van der Waals surface area contributed by atoms with Crippen LogP contribution in [0.15, 0.2) is 0 Å². The number of carbonyl (C=O) groups excluding carboxylic acids is 1. The number of rotatable bonds is 2. The lowest BCUT2D eigenvalue weighted by Crippen LogP contribution is -2.34. The van der Waals surface area contributed by atoms with Crippen LogP contribution in [0.25, 0.3) is 0 Å². The van der Waals surface area contributed by atoms with Gasteiger partial charge in [0.05, 0.1) is 12.0 Å². The molecule has 2 aliphatic rings. The summed E-state index contributed by atoms with van der Waals surface area (Å²) in [6.07, 6.45) is 5.11. The van der Waals surface area contributed by atoms with Gasteiger partial charge in [0.1, 0.15) is 0 Å². The molecule has 1 N–H and O–H groups in total. The summed E-state index contributed by atoms with van der Waals surface area (Å²) in [6, 6.07) is 0. The van der Waals surface area contributed by atoms with E-state index in [-0.39, 0.29) is 17.9 Å². The van der Waals surface area contributed by atoms with Crippen molar-refractivity contribution in [1.29, 1.82) is 0 Å². The number of hydrogen-bond donors (Lipinski definition) is 1. The molecule has 1 saturated heterocycles. The Morgan fingerprint density at radius 2 is 2.00 bits per heavy atom. The molecule has 3 heteroatoms. The predicted octanol–water partition coefficient (Wildman–Crippen LogP) is 1.02. The highest BCUT2D eigenvalue weighted by Crippen LogP contribution is 2.34. The molecule has 14 heavy (non-hydrogen) atoms. The minimum Gasteiger partial charge on any atom is -0.392 e. The first-order chi connectivity index (χ1) is 6.70. The van der Waals surface area contributed by atoms with Gasteiger partial charge in [-0.3, -0.25) is 4.79 Å². The zero-order chi connectivity index (χ0) is 10.1. The van der Waals surface area contributed by atoms with E-state index in [9.17, 15) is 9.90 Å². The molecular formula is C11H19NO2. The number of amides is 1. The number of hydrogen-bond acceptors (Lipinski definition) is 2. The molecule has 0 aromatic heterocycles. The molecule has 3 nitrogen and oxygen atoms in total. The zero-order valence-electron chi connectivity index (χ0n) is 8.78. The Hall–Kier alpha value is -0.570. The van der Waals surface area contributed by atoms with Crippen molar-refractivity contribution in [3.63, 3.8) is 0 Å². The number of aliphatic hydroxyl groups is 1. The maximum absolute atomic E-state index is 11.7. The van der Waals surface area contributed by atoms with Crippen molar-refractivity contribution >= 4 is 5.91 Å². The van der Waals surface area contributed by atoms with Crippen molar-refractivity contribution in [3.8, 4) is 0 Å². The Bertz CT molecular complexity index is 223. The van der Waals surface area contributed by atoms with Crippen LogP contribution in [-0.4, -0.2) is 35.6 Å². The Labute approximate surface area is 85.1 Å². The van der Waals surface area contributed by atoms with Gasteiger partial charge in [-0.1, -0.05) is 12.8 Å². The van der Waals surface area contributed by atoms with Crippen LogP contribution in [0.2, 0.25) is 0 Å². The lowest BCUT2D eigenvalue weighted by molar-refractivity contribution is -0.133. The van der Waals surface area contributed by atoms with Crippen molar-refractivity contribution in [2.24, 2.45) is 11.8 Å². The van der Waals surface area contributed by atoms with Gasteiger partial charge in [-0.15, -0.1) is 0 Å². The van der Waals surface area contributed by atoms with E-state index >= 15 is 0 Å². The number of nitrogens with zero attached hydrogens (tertiary/aromatic N) is 1. The monoisotopic (exact) mass is 197 g/mol. The van der Waals surface area contributed by atoms with Gasteiger partial charge >= 0.3 is 0 Å². The Balaban J connectivity index is 1.97. The van der Waals surface area contributed by atoms with Crippen molar-refractivity contribution in [2.45, 2.75) is 38.2 Å². The first kappa shape index (κ1) is 9.97. The number of likely N-dealkylation sites (tertiary alicyclic amines) is 1. The van der Waals surface area contributed by atoms with E-state index in [2.05, 4.69) is 0 Å². The lowest BCUT2D eigenvalue weighted by Gasteiger charge is -2.22. The third-order valence-corrected chi connectivity index (χ3v) is 3.76. The highest BCUT2D eigenvalue weighted by Gasteiger charge is 2.38. The molecule has 0 radical (unpaired) electrons. The Kier molecular flexibility index (Phi) is 2.77. The first-order valence-corrected chi connectivity index (χ1v) is 5.63. The molecule has 0 aromatic rings. The maximum Gasteiger partial charge on any atom is 0.228 e. The Morgan fingerprint density at radius 3 is 2.50 bits per heavy atom. The standard InChI is InChI=1S/C11H19NO2/c1-12-7-6-9(11(12)14)10(13)8-4-2-3-5-8/h8-10,13H,2-7H2,1H3. The second-order valence-electron chi connectivity index (χ2n) is 4.69. The van der Waals surface area contributed by atoms with Crippen molar-refractivity contribution in [3.05, 3.63) is 0 Å². The van der Waals surface area contributed by atoms with E-state index < -0.39 is 0 Å². The van der Waals surface area contributed by atoms with Crippen LogP contribution < -0.4 is 0 Å². The molecular weight excluding hydrogens is 178 g/mol. The fraction of sp³-hybridized carbons (Fsp3) is 0.909. The molecule has 2 rings (SSSR count). The lowest BCUT2D eigenvalue weighted by atomic mass is 9.89.